The lowest BCUT2D eigenvalue weighted by atomic mass is 9.51. The molecule has 0 saturated carbocycles. The van der Waals surface area contributed by atoms with Crippen molar-refractivity contribution in [1.29, 1.82) is 0 Å². The molecule has 0 bridgehead atoms. The Bertz CT molecular complexity index is 573. The zero-order chi connectivity index (χ0) is 16.6. The van der Waals surface area contributed by atoms with Crippen molar-refractivity contribution in [2.24, 2.45) is 0 Å². The molecule has 0 aliphatic carbocycles. The number of halogens is 1. The molecule has 0 fully saturated rings. The third-order valence-electron chi connectivity index (χ3n) is 4.32. The number of nitrogens with zero attached hydrogens (tertiary/aromatic N) is 1. The van der Waals surface area contributed by atoms with Crippen LogP contribution >= 0.6 is 22.4 Å². The van der Waals surface area contributed by atoms with Crippen LogP contribution in [-0.2, 0) is 5.54 Å². The molecular weight excluding hydrogens is 389 g/mol. The first kappa shape index (κ1) is 19.6. The minimum absolute atomic E-state index is 0.205. The predicted molar refractivity (Wildman–Crippen MR) is 107 cm³/mol. The summed E-state index contributed by atoms with van der Waals surface area (Å²) in [5.41, 5.74) is 0.00496. The van der Waals surface area contributed by atoms with Crippen molar-refractivity contribution in [3.8, 4) is 0 Å². The van der Waals surface area contributed by atoms with Gasteiger partial charge in [-0.05, 0) is 25.2 Å². The molecule has 22 heavy (non-hydrogen) atoms. The average Bonchev–Trinajstić information content (AvgIpc) is 2.47. The van der Waals surface area contributed by atoms with Gasteiger partial charge >= 0.3 is 5.69 Å². The van der Waals surface area contributed by atoms with Crippen molar-refractivity contribution in [3.05, 3.63) is 27.0 Å². The van der Waals surface area contributed by atoms with Crippen LogP contribution < -0.4 is 16.7 Å². The Morgan fingerprint density at radius 3 is 2.50 bits per heavy atom. The molecule has 1 rings (SSSR count). The first-order chi connectivity index (χ1) is 10.5. The highest BCUT2D eigenvalue weighted by atomic mass is 127. The Hall–Kier alpha value is -0.460. The van der Waals surface area contributed by atoms with Gasteiger partial charge in [0.2, 0.25) is 5.56 Å². The molecule has 7 heteroatoms. The highest BCUT2D eigenvalue weighted by molar-refractivity contribution is 14.1. The van der Waals surface area contributed by atoms with E-state index >= 15 is 0 Å². The third kappa shape index (κ3) is 5.32. The zero-order valence-corrected chi connectivity index (χ0v) is 16.2. The number of hydrogen-bond acceptors (Lipinski definition) is 2. The minimum atomic E-state index is -0.270. The average molecular weight is 416 g/mol. The number of unbranched alkanes of at least 4 members (excludes halogenated alkanes) is 3. The van der Waals surface area contributed by atoms with Gasteiger partial charge in [0, 0.05) is 11.7 Å². The maximum atomic E-state index is 12.3. The van der Waals surface area contributed by atoms with Crippen molar-refractivity contribution in [1.82, 2.24) is 9.55 Å². The molecule has 1 aromatic heterocycles. The monoisotopic (exact) mass is 416 g/mol. The van der Waals surface area contributed by atoms with Gasteiger partial charge in [-0.15, -0.1) is 0 Å². The summed E-state index contributed by atoms with van der Waals surface area (Å²) in [6, 6.07) is 0. The van der Waals surface area contributed by atoms with Crippen molar-refractivity contribution >= 4 is 40.0 Å². The molecule has 1 N–H and O–H groups in total. The maximum absolute atomic E-state index is 12.3. The van der Waals surface area contributed by atoms with Gasteiger partial charge in [-0.2, -0.15) is 22.4 Å². The standard InChI is InChI=1S/C15H27B2IN2O2/c1-4-6-7-8-10-15(3,9-5-2)20-11-12(16-17-18)13(21)19-14(20)22/h11,16-17H,4-10H2,1-3H3,(H,19,21,22). The van der Waals surface area contributed by atoms with Gasteiger partial charge in [0.25, 0.3) is 0 Å². The number of aromatic amines is 1. The summed E-state index contributed by atoms with van der Waals surface area (Å²) in [5.74, 6) is 0. The maximum Gasteiger partial charge on any atom is 0.328 e. The van der Waals surface area contributed by atoms with E-state index in [2.05, 4.69) is 48.1 Å². The number of rotatable bonds is 10. The Morgan fingerprint density at radius 1 is 1.18 bits per heavy atom. The van der Waals surface area contributed by atoms with E-state index in [4.69, 9.17) is 0 Å². The predicted octanol–water partition coefficient (Wildman–Crippen LogP) is 1.79. The Kier molecular flexibility index (Phi) is 8.57. The molecule has 0 saturated heterocycles. The lowest BCUT2D eigenvalue weighted by Crippen LogP contribution is -2.49. The SMILES string of the molecule is CCCCCCC(C)(CCC)n1cc(BBI)c(=O)[nH]c1=O. The first-order valence-corrected chi connectivity index (χ1v) is 9.92. The first-order valence-electron chi connectivity index (χ1n) is 8.39. The fourth-order valence-electron chi connectivity index (χ4n) is 3.03. The van der Waals surface area contributed by atoms with Crippen LogP contribution in [-0.4, -0.2) is 21.7 Å². The van der Waals surface area contributed by atoms with Crippen molar-refractivity contribution in [2.75, 3.05) is 0 Å². The van der Waals surface area contributed by atoms with Crippen LogP contribution in [0.5, 0.6) is 0 Å². The van der Waals surface area contributed by atoms with Crippen LogP contribution in [0.1, 0.15) is 65.7 Å². The van der Waals surface area contributed by atoms with E-state index in [1.165, 1.54) is 19.3 Å². The van der Waals surface area contributed by atoms with E-state index in [1.54, 1.807) is 10.8 Å². The topological polar surface area (TPSA) is 54.9 Å². The summed E-state index contributed by atoms with van der Waals surface area (Å²) in [5, 5.41) is 0.875. The smallest absolute Gasteiger partial charge is 0.295 e. The van der Waals surface area contributed by atoms with Crippen molar-refractivity contribution in [3.63, 3.8) is 0 Å². The molecule has 122 valence electrons. The van der Waals surface area contributed by atoms with Crippen LogP contribution in [0.3, 0.4) is 0 Å². The molecule has 0 amide bonds. The van der Waals surface area contributed by atoms with E-state index in [9.17, 15) is 9.59 Å². The Labute approximate surface area is 147 Å². The van der Waals surface area contributed by atoms with Crippen molar-refractivity contribution in [2.45, 2.75) is 71.3 Å². The van der Waals surface area contributed by atoms with Crippen LogP contribution in [0.15, 0.2) is 15.8 Å². The molecule has 1 unspecified atom stereocenters. The third-order valence-corrected chi connectivity index (χ3v) is 4.86. The number of H-pyrrole nitrogens is 1. The molecule has 0 spiro atoms. The van der Waals surface area contributed by atoms with Crippen LogP contribution in [0.4, 0.5) is 0 Å². The number of hydrogen-bond donors (Lipinski definition) is 1. The second-order valence-corrected chi connectivity index (χ2v) is 7.36. The molecule has 0 aliphatic heterocycles. The van der Waals surface area contributed by atoms with E-state index in [0.717, 1.165) is 30.7 Å². The lowest BCUT2D eigenvalue weighted by molar-refractivity contribution is 0.247. The molecule has 1 heterocycles. The second kappa shape index (κ2) is 9.63. The second-order valence-electron chi connectivity index (χ2n) is 6.28. The molecule has 1 atom stereocenters. The summed E-state index contributed by atoms with van der Waals surface area (Å²) in [6.07, 6.45) is 9.54. The van der Waals surface area contributed by atoms with E-state index in [1.807, 2.05) is 0 Å². The highest BCUT2D eigenvalue weighted by Gasteiger charge is 2.27. The van der Waals surface area contributed by atoms with E-state index < -0.39 is 0 Å². The van der Waals surface area contributed by atoms with Crippen LogP contribution in [0, 0.1) is 0 Å². The molecule has 0 aliphatic rings. The summed E-state index contributed by atoms with van der Waals surface area (Å²) in [7, 11) is 0.703. The van der Waals surface area contributed by atoms with Gasteiger partial charge in [-0.3, -0.25) is 14.3 Å². The minimum Gasteiger partial charge on any atom is -0.295 e. The van der Waals surface area contributed by atoms with Crippen molar-refractivity contribution < 1.29 is 0 Å². The van der Waals surface area contributed by atoms with Gasteiger partial charge in [-0.25, -0.2) is 4.79 Å². The highest BCUT2D eigenvalue weighted by Crippen LogP contribution is 2.27. The zero-order valence-electron chi connectivity index (χ0n) is 14.1. The molecule has 1 aromatic rings. The fourth-order valence-corrected chi connectivity index (χ4v) is 3.61. The van der Waals surface area contributed by atoms with Crippen LogP contribution in [0.2, 0.25) is 0 Å². The van der Waals surface area contributed by atoms with Gasteiger partial charge < -0.3 is 0 Å². The van der Waals surface area contributed by atoms with Crippen LogP contribution in [0.25, 0.3) is 0 Å². The fraction of sp³-hybridized carbons (Fsp3) is 0.733. The van der Waals surface area contributed by atoms with E-state index in [0.29, 0.717) is 12.6 Å². The summed E-state index contributed by atoms with van der Waals surface area (Å²) in [4.78, 5) is 26.7. The Morgan fingerprint density at radius 2 is 1.91 bits per heavy atom. The Balaban J connectivity index is 3.10. The van der Waals surface area contributed by atoms with Gasteiger partial charge in [-0.1, -0.05) is 46.0 Å². The number of aromatic nitrogens is 2. The number of nitrogens with one attached hydrogen (secondary N) is 1. The molecule has 0 aromatic carbocycles. The largest absolute Gasteiger partial charge is 0.328 e. The summed E-state index contributed by atoms with van der Waals surface area (Å²) < 4.78 is 1.78. The molecular formula is C15H27B2IN2O2. The summed E-state index contributed by atoms with van der Waals surface area (Å²) in [6.45, 7) is 6.50. The quantitative estimate of drug-likeness (QED) is 0.360. The molecule has 4 nitrogen and oxygen atoms in total. The van der Waals surface area contributed by atoms with E-state index in [-0.39, 0.29) is 16.8 Å². The van der Waals surface area contributed by atoms with Gasteiger partial charge in [0.05, 0.1) is 0 Å². The summed E-state index contributed by atoms with van der Waals surface area (Å²) >= 11 is 2.26. The van der Waals surface area contributed by atoms with Gasteiger partial charge in [0.1, 0.15) is 7.17 Å². The molecule has 0 radical (unpaired) electrons. The lowest BCUT2D eigenvalue weighted by Gasteiger charge is -2.32. The van der Waals surface area contributed by atoms with Gasteiger partial charge in [0.15, 0.2) is 5.03 Å². The normalized spacial score (nSPS) is 13.6.